The van der Waals surface area contributed by atoms with Crippen LogP contribution in [0, 0.1) is 5.82 Å². The Bertz CT molecular complexity index is 1330. The zero-order chi connectivity index (χ0) is 21.0. The molecule has 31 heavy (non-hydrogen) atoms. The van der Waals surface area contributed by atoms with E-state index in [1.165, 1.54) is 28.8 Å². The fourth-order valence-corrected chi connectivity index (χ4v) is 3.76. The van der Waals surface area contributed by atoms with Crippen molar-refractivity contribution in [2.24, 2.45) is 0 Å². The first-order valence-electron chi connectivity index (χ1n) is 10.3. The number of hydrogen-bond donors (Lipinski definition) is 1. The molecular formula is C28H21FN2. The van der Waals surface area contributed by atoms with E-state index < -0.39 is 0 Å². The molecule has 3 heteroatoms. The van der Waals surface area contributed by atoms with E-state index in [0.717, 1.165) is 34.4 Å². The maximum atomic E-state index is 13.6. The van der Waals surface area contributed by atoms with Crippen LogP contribution in [-0.4, -0.2) is 4.98 Å². The summed E-state index contributed by atoms with van der Waals surface area (Å²) in [5.41, 5.74) is 7.09. The molecule has 1 N–H and O–H groups in total. The minimum absolute atomic E-state index is 0.256. The first-order chi connectivity index (χ1) is 15.3. The van der Waals surface area contributed by atoms with E-state index in [2.05, 4.69) is 59.9 Å². The lowest BCUT2D eigenvalue weighted by molar-refractivity contribution is 0.628. The Kier molecular flexibility index (Phi) is 5.16. The van der Waals surface area contributed by atoms with Crippen molar-refractivity contribution in [2.75, 3.05) is 5.32 Å². The van der Waals surface area contributed by atoms with E-state index >= 15 is 0 Å². The average molecular weight is 404 g/mol. The van der Waals surface area contributed by atoms with Gasteiger partial charge in [0.05, 0.1) is 11.2 Å². The molecule has 0 aliphatic heterocycles. The normalized spacial score (nSPS) is 10.9. The molecule has 4 aromatic carbocycles. The highest BCUT2D eigenvalue weighted by Gasteiger charge is 2.06. The fourth-order valence-electron chi connectivity index (χ4n) is 3.76. The van der Waals surface area contributed by atoms with Crippen molar-refractivity contribution in [3.8, 4) is 22.4 Å². The van der Waals surface area contributed by atoms with Gasteiger partial charge in [0.2, 0.25) is 0 Å². The summed E-state index contributed by atoms with van der Waals surface area (Å²) in [5.74, 6) is -0.256. The van der Waals surface area contributed by atoms with Crippen molar-refractivity contribution in [1.29, 1.82) is 0 Å². The molecule has 0 radical (unpaired) electrons. The van der Waals surface area contributed by atoms with Crippen LogP contribution in [0.15, 0.2) is 109 Å². The first-order valence-corrected chi connectivity index (χ1v) is 10.3. The summed E-state index contributed by atoms with van der Waals surface area (Å²) >= 11 is 0. The molecule has 0 amide bonds. The molecule has 5 rings (SSSR count). The fraction of sp³-hybridized carbons (Fsp3) is 0.0357. The Hall–Kier alpha value is -3.98. The predicted molar refractivity (Wildman–Crippen MR) is 126 cm³/mol. The van der Waals surface area contributed by atoms with Gasteiger partial charge in [-0.3, -0.25) is 0 Å². The summed E-state index contributed by atoms with van der Waals surface area (Å²) in [7, 11) is 0. The second-order valence-electron chi connectivity index (χ2n) is 7.50. The highest BCUT2D eigenvalue weighted by molar-refractivity contribution is 5.92. The van der Waals surface area contributed by atoms with Crippen LogP contribution in [0.3, 0.4) is 0 Å². The number of fused-ring (bicyclic) bond motifs is 1. The highest BCUT2D eigenvalue weighted by Crippen LogP contribution is 2.27. The van der Waals surface area contributed by atoms with Crippen LogP contribution in [0.5, 0.6) is 0 Å². The quantitative estimate of drug-likeness (QED) is 0.332. The van der Waals surface area contributed by atoms with E-state index in [9.17, 15) is 4.39 Å². The second-order valence-corrected chi connectivity index (χ2v) is 7.50. The standard InChI is InChI=1S/C28H21FN2/c29-24-9-4-8-23(18-24)26-17-16-25-27(10-5-11-28(25)31-26)30-19-20-12-14-22(15-13-20)21-6-2-1-3-7-21/h1-18,30H,19H2. The summed E-state index contributed by atoms with van der Waals surface area (Å²) in [6.07, 6.45) is 0. The zero-order valence-electron chi connectivity index (χ0n) is 16.9. The van der Waals surface area contributed by atoms with Gasteiger partial charge in [0.25, 0.3) is 0 Å². The van der Waals surface area contributed by atoms with Crippen LogP contribution in [-0.2, 0) is 6.54 Å². The Labute approximate surface area is 181 Å². The first kappa shape index (κ1) is 19.0. The third kappa shape index (κ3) is 4.17. The van der Waals surface area contributed by atoms with Crippen LogP contribution >= 0.6 is 0 Å². The molecule has 1 aromatic heterocycles. The van der Waals surface area contributed by atoms with Crippen molar-refractivity contribution in [3.63, 3.8) is 0 Å². The van der Waals surface area contributed by atoms with Gasteiger partial charge in [0, 0.05) is 23.2 Å². The minimum Gasteiger partial charge on any atom is -0.380 e. The van der Waals surface area contributed by atoms with E-state index in [1.807, 2.05) is 36.4 Å². The van der Waals surface area contributed by atoms with Gasteiger partial charge in [-0.25, -0.2) is 9.37 Å². The van der Waals surface area contributed by atoms with Crippen LogP contribution in [0.2, 0.25) is 0 Å². The third-order valence-corrected chi connectivity index (χ3v) is 5.40. The molecule has 5 aromatic rings. The van der Waals surface area contributed by atoms with Gasteiger partial charge in [-0.2, -0.15) is 0 Å². The molecule has 2 nitrogen and oxygen atoms in total. The predicted octanol–water partition coefficient (Wildman–Crippen LogP) is 7.32. The molecule has 0 unspecified atom stereocenters. The molecule has 0 fully saturated rings. The van der Waals surface area contributed by atoms with E-state index in [4.69, 9.17) is 4.98 Å². The van der Waals surface area contributed by atoms with Crippen molar-refractivity contribution >= 4 is 16.6 Å². The summed E-state index contributed by atoms with van der Waals surface area (Å²) in [6, 6.07) is 35.5. The summed E-state index contributed by atoms with van der Waals surface area (Å²) in [5, 5.41) is 4.58. The number of rotatable bonds is 5. The van der Waals surface area contributed by atoms with Gasteiger partial charge in [-0.05, 0) is 53.1 Å². The minimum atomic E-state index is -0.256. The van der Waals surface area contributed by atoms with Crippen LogP contribution in [0.4, 0.5) is 10.1 Å². The van der Waals surface area contributed by atoms with Crippen molar-refractivity contribution in [3.05, 3.63) is 121 Å². The third-order valence-electron chi connectivity index (χ3n) is 5.40. The molecule has 150 valence electrons. The SMILES string of the molecule is Fc1cccc(-c2ccc3c(NCc4ccc(-c5ccccc5)cc4)cccc3n2)c1. The maximum Gasteiger partial charge on any atom is 0.123 e. The Balaban J connectivity index is 1.36. The molecule has 1 heterocycles. The van der Waals surface area contributed by atoms with E-state index in [-0.39, 0.29) is 5.82 Å². The second kappa shape index (κ2) is 8.41. The Morgan fingerprint density at radius 1 is 0.645 bits per heavy atom. The molecule has 0 saturated carbocycles. The number of anilines is 1. The van der Waals surface area contributed by atoms with Gasteiger partial charge in [0.15, 0.2) is 0 Å². The average Bonchev–Trinajstić information content (AvgIpc) is 2.83. The largest absolute Gasteiger partial charge is 0.380 e. The number of nitrogens with zero attached hydrogens (tertiary/aromatic N) is 1. The molecule has 0 bridgehead atoms. The molecule has 0 saturated heterocycles. The lowest BCUT2D eigenvalue weighted by Gasteiger charge is -2.11. The number of benzene rings is 4. The highest BCUT2D eigenvalue weighted by atomic mass is 19.1. The van der Waals surface area contributed by atoms with E-state index in [0.29, 0.717) is 0 Å². The van der Waals surface area contributed by atoms with Gasteiger partial charge < -0.3 is 5.32 Å². The summed E-state index contributed by atoms with van der Waals surface area (Å²) < 4.78 is 13.6. The van der Waals surface area contributed by atoms with Crippen LogP contribution in [0.25, 0.3) is 33.3 Å². The maximum absolute atomic E-state index is 13.6. The lowest BCUT2D eigenvalue weighted by Crippen LogP contribution is -2.00. The lowest BCUT2D eigenvalue weighted by atomic mass is 10.0. The van der Waals surface area contributed by atoms with Gasteiger partial charge >= 0.3 is 0 Å². The monoisotopic (exact) mass is 404 g/mol. The van der Waals surface area contributed by atoms with Crippen LogP contribution < -0.4 is 5.32 Å². The number of aromatic nitrogens is 1. The summed E-state index contributed by atoms with van der Waals surface area (Å²) in [6.45, 7) is 0.722. The Morgan fingerprint density at radius 3 is 2.19 bits per heavy atom. The topological polar surface area (TPSA) is 24.9 Å². The Morgan fingerprint density at radius 2 is 1.39 bits per heavy atom. The van der Waals surface area contributed by atoms with Crippen molar-refractivity contribution in [1.82, 2.24) is 4.98 Å². The molecule has 0 atom stereocenters. The number of halogens is 1. The number of pyridine rings is 1. The van der Waals surface area contributed by atoms with E-state index in [1.54, 1.807) is 6.07 Å². The molecule has 0 aliphatic carbocycles. The van der Waals surface area contributed by atoms with Gasteiger partial charge in [-0.15, -0.1) is 0 Å². The smallest absolute Gasteiger partial charge is 0.123 e. The van der Waals surface area contributed by atoms with Crippen molar-refractivity contribution in [2.45, 2.75) is 6.54 Å². The van der Waals surface area contributed by atoms with Crippen LogP contribution in [0.1, 0.15) is 5.56 Å². The van der Waals surface area contributed by atoms with Gasteiger partial charge in [0.1, 0.15) is 5.82 Å². The zero-order valence-corrected chi connectivity index (χ0v) is 16.9. The summed E-state index contributed by atoms with van der Waals surface area (Å²) in [4.78, 5) is 4.74. The molecular weight excluding hydrogens is 383 g/mol. The number of hydrogen-bond acceptors (Lipinski definition) is 2. The number of nitrogens with one attached hydrogen (secondary N) is 1. The molecule has 0 aliphatic rings. The van der Waals surface area contributed by atoms with Crippen molar-refractivity contribution < 1.29 is 4.39 Å². The van der Waals surface area contributed by atoms with Gasteiger partial charge in [-0.1, -0.05) is 72.8 Å². The molecule has 0 spiro atoms.